The molecular formula is C13H26N2O3. The van der Waals surface area contributed by atoms with Crippen molar-refractivity contribution in [1.29, 1.82) is 0 Å². The third-order valence-electron chi connectivity index (χ3n) is 2.93. The van der Waals surface area contributed by atoms with Crippen LogP contribution in [-0.4, -0.2) is 47.1 Å². The number of nitrogens with zero attached hydrogens (tertiary/aromatic N) is 1. The van der Waals surface area contributed by atoms with Crippen LogP contribution in [0.4, 0.5) is 0 Å². The topological polar surface area (TPSA) is 69.6 Å². The molecule has 0 aromatic heterocycles. The van der Waals surface area contributed by atoms with Crippen LogP contribution in [0, 0.1) is 0 Å². The van der Waals surface area contributed by atoms with Crippen LogP contribution < -0.4 is 5.32 Å². The molecule has 0 aliphatic rings. The van der Waals surface area contributed by atoms with E-state index in [2.05, 4.69) is 5.32 Å². The molecule has 5 heteroatoms. The van der Waals surface area contributed by atoms with Gasteiger partial charge < -0.3 is 10.4 Å². The van der Waals surface area contributed by atoms with E-state index in [0.717, 1.165) is 6.42 Å². The van der Waals surface area contributed by atoms with Crippen LogP contribution in [0.3, 0.4) is 0 Å². The number of hydrogen-bond donors (Lipinski definition) is 2. The van der Waals surface area contributed by atoms with E-state index < -0.39 is 5.97 Å². The molecule has 2 N–H and O–H groups in total. The van der Waals surface area contributed by atoms with Crippen molar-refractivity contribution in [2.45, 2.75) is 59.0 Å². The maximum atomic E-state index is 11.8. The van der Waals surface area contributed by atoms with Crippen LogP contribution in [-0.2, 0) is 9.59 Å². The van der Waals surface area contributed by atoms with Gasteiger partial charge in [-0.15, -0.1) is 0 Å². The molecule has 0 saturated carbocycles. The molecule has 1 unspecified atom stereocenters. The second-order valence-electron chi connectivity index (χ2n) is 4.94. The van der Waals surface area contributed by atoms with Gasteiger partial charge in [-0.05, 0) is 40.2 Å². The summed E-state index contributed by atoms with van der Waals surface area (Å²) in [5.41, 5.74) is 0. The molecule has 0 bridgehead atoms. The zero-order valence-corrected chi connectivity index (χ0v) is 11.9. The molecule has 0 spiro atoms. The number of carboxylic acids is 1. The maximum Gasteiger partial charge on any atom is 0.303 e. The summed E-state index contributed by atoms with van der Waals surface area (Å²) in [7, 11) is 0. The lowest BCUT2D eigenvalue weighted by Gasteiger charge is -2.26. The van der Waals surface area contributed by atoms with E-state index >= 15 is 0 Å². The highest BCUT2D eigenvalue weighted by molar-refractivity contribution is 5.78. The van der Waals surface area contributed by atoms with Crippen LogP contribution in [0.1, 0.15) is 47.0 Å². The molecule has 0 aromatic rings. The average molecular weight is 258 g/mol. The summed E-state index contributed by atoms with van der Waals surface area (Å²) in [6, 6.07) is 0.423. The quantitative estimate of drug-likeness (QED) is 0.657. The molecular weight excluding hydrogens is 232 g/mol. The van der Waals surface area contributed by atoms with Gasteiger partial charge in [-0.2, -0.15) is 0 Å². The van der Waals surface area contributed by atoms with Gasteiger partial charge in [0.25, 0.3) is 0 Å². The lowest BCUT2D eigenvalue weighted by Crippen LogP contribution is -2.43. The summed E-state index contributed by atoms with van der Waals surface area (Å²) < 4.78 is 0. The number of hydrogen-bond acceptors (Lipinski definition) is 3. The predicted octanol–water partition coefficient (Wildman–Crippen LogP) is 1.48. The van der Waals surface area contributed by atoms with Gasteiger partial charge in [-0.1, -0.05) is 6.92 Å². The van der Waals surface area contributed by atoms with Gasteiger partial charge >= 0.3 is 5.97 Å². The first-order valence-electron chi connectivity index (χ1n) is 6.62. The van der Waals surface area contributed by atoms with E-state index in [1.54, 1.807) is 0 Å². The first kappa shape index (κ1) is 16.9. The zero-order chi connectivity index (χ0) is 14.1. The van der Waals surface area contributed by atoms with Crippen molar-refractivity contribution < 1.29 is 14.7 Å². The van der Waals surface area contributed by atoms with E-state index in [4.69, 9.17) is 5.11 Å². The highest BCUT2D eigenvalue weighted by Gasteiger charge is 2.15. The van der Waals surface area contributed by atoms with Gasteiger partial charge in [0.05, 0.1) is 6.54 Å². The molecule has 106 valence electrons. The molecule has 0 rings (SSSR count). The van der Waals surface area contributed by atoms with Crippen LogP contribution >= 0.6 is 0 Å². The summed E-state index contributed by atoms with van der Waals surface area (Å²) in [5, 5.41) is 11.5. The molecule has 0 heterocycles. The molecule has 1 atom stereocenters. The largest absolute Gasteiger partial charge is 0.481 e. The summed E-state index contributed by atoms with van der Waals surface area (Å²) in [5.74, 6) is -0.781. The Morgan fingerprint density at radius 2 is 1.89 bits per heavy atom. The first-order chi connectivity index (χ1) is 8.36. The Morgan fingerprint density at radius 1 is 1.28 bits per heavy atom. The Bertz CT molecular complexity index is 267. The number of aliphatic carboxylic acids is 1. The highest BCUT2D eigenvalue weighted by atomic mass is 16.4. The van der Waals surface area contributed by atoms with Gasteiger partial charge in [-0.25, -0.2) is 0 Å². The van der Waals surface area contributed by atoms with Crippen LogP contribution in [0.5, 0.6) is 0 Å². The number of carbonyl (C=O) groups excluding carboxylic acids is 1. The second kappa shape index (κ2) is 8.91. The smallest absolute Gasteiger partial charge is 0.303 e. The van der Waals surface area contributed by atoms with Gasteiger partial charge in [-0.3, -0.25) is 14.5 Å². The van der Waals surface area contributed by atoms with Crippen molar-refractivity contribution >= 4 is 11.9 Å². The summed E-state index contributed by atoms with van der Waals surface area (Å²) in [6.07, 6.45) is 1.63. The fourth-order valence-electron chi connectivity index (χ4n) is 1.56. The summed E-state index contributed by atoms with van der Waals surface area (Å²) in [6.45, 7) is 8.99. The number of nitrogens with one attached hydrogen (secondary N) is 1. The molecule has 1 amide bonds. The summed E-state index contributed by atoms with van der Waals surface area (Å²) in [4.78, 5) is 24.2. The third-order valence-corrected chi connectivity index (χ3v) is 2.93. The van der Waals surface area contributed by atoms with Gasteiger partial charge in [0.1, 0.15) is 0 Å². The predicted molar refractivity (Wildman–Crippen MR) is 71.5 cm³/mol. The SMILES string of the molecule is CCC(C)NC(=O)CN(CCCC(=O)O)C(C)C. The van der Waals surface area contributed by atoms with Crippen LogP contribution in [0.2, 0.25) is 0 Å². The van der Waals surface area contributed by atoms with Crippen molar-refractivity contribution in [3.05, 3.63) is 0 Å². The second-order valence-corrected chi connectivity index (χ2v) is 4.94. The minimum Gasteiger partial charge on any atom is -0.481 e. The standard InChI is InChI=1S/C13H26N2O3/c1-5-11(4)14-12(16)9-15(10(2)3)8-6-7-13(17)18/h10-11H,5-9H2,1-4H3,(H,14,16)(H,17,18). The molecule has 18 heavy (non-hydrogen) atoms. The Balaban J connectivity index is 4.10. The lowest BCUT2D eigenvalue weighted by molar-refractivity contribution is -0.137. The minimum absolute atomic E-state index is 0.00775. The van der Waals surface area contributed by atoms with E-state index in [1.165, 1.54) is 0 Å². The highest BCUT2D eigenvalue weighted by Crippen LogP contribution is 2.02. The van der Waals surface area contributed by atoms with Crippen LogP contribution in [0.15, 0.2) is 0 Å². The number of carboxylic acid groups (broad SMARTS) is 1. The van der Waals surface area contributed by atoms with E-state index in [1.807, 2.05) is 32.6 Å². The fourth-order valence-corrected chi connectivity index (χ4v) is 1.56. The average Bonchev–Trinajstić information content (AvgIpc) is 2.26. The van der Waals surface area contributed by atoms with Crippen LogP contribution in [0.25, 0.3) is 0 Å². The van der Waals surface area contributed by atoms with Crippen molar-refractivity contribution in [3.63, 3.8) is 0 Å². The molecule has 0 saturated heterocycles. The number of rotatable bonds is 9. The van der Waals surface area contributed by atoms with Crippen molar-refractivity contribution in [2.75, 3.05) is 13.1 Å². The van der Waals surface area contributed by atoms with E-state index in [9.17, 15) is 9.59 Å². The monoisotopic (exact) mass is 258 g/mol. The Morgan fingerprint density at radius 3 is 2.33 bits per heavy atom. The first-order valence-corrected chi connectivity index (χ1v) is 6.62. The third kappa shape index (κ3) is 8.06. The van der Waals surface area contributed by atoms with Crippen molar-refractivity contribution in [3.8, 4) is 0 Å². The lowest BCUT2D eigenvalue weighted by atomic mass is 10.2. The van der Waals surface area contributed by atoms with Gasteiger partial charge in [0.2, 0.25) is 5.91 Å². The molecule has 0 fully saturated rings. The van der Waals surface area contributed by atoms with E-state index in [-0.39, 0.29) is 24.4 Å². The van der Waals surface area contributed by atoms with E-state index in [0.29, 0.717) is 19.5 Å². The van der Waals surface area contributed by atoms with Crippen molar-refractivity contribution in [2.24, 2.45) is 0 Å². The molecule has 5 nitrogen and oxygen atoms in total. The Kier molecular flexibility index (Phi) is 8.37. The van der Waals surface area contributed by atoms with Gasteiger partial charge in [0.15, 0.2) is 0 Å². The fraction of sp³-hybridized carbons (Fsp3) is 0.846. The summed E-state index contributed by atoms with van der Waals surface area (Å²) >= 11 is 0. The maximum absolute atomic E-state index is 11.8. The minimum atomic E-state index is -0.789. The Labute approximate surface area is 110 Å². The normalized spacial score (nSPS) is 12.8. The molecule has 0 aromatic carbocycles. The number of carbonyl (C=O) groups is 2. The zero-order valence-electron chi connectivity index (χ0n) is 11.9. The Hall–Kier alpha value is -1.10. The molecule has 0 radical (unpaired) electrons. The van der Waals surface area contributed by atoms with Gasteiger partial charge in [0, 0.05) is 18.5 Å². The van der Waals surface area contributed by atoms with Crippen molar-refractivity contribution in [1.82, 2.24) is 10.2 Å². The number of amides is 1. The molecule has 0 aliphatic carbocycles. The molecule has 0 aliphatic heterocycles.